The summed E-state index contributed by atoms with van der Waals surface area (Å²) in [7, 11) is 0. The molecular weight excluding hydrogens is 696 g/mol. The van der Waals surface area contributed by atoms with Gasteiger partial charge in [0.15, 0.2) is 17.1 Å². The second kappa shape index (κ2) is 16.1. The van der Waals surface area contributed by atoms with E-state index in [0.29, 0.717) is 110 Å². The first-order valence-electron chi connectivity index (χ1n) is 17.2. The molecule has 0 bridgehead atoms. The highest BCUT2D eigenvalue weighted by Crippen LogP contribution is 2.27. The van der Waals surface area contributed by atoms with Crippen LogP contribution >= 0.6 is 0 Å². The van der Waals surface area contributed by atoms with Crippen molar-refractivity contribution in [3.05, 3.63) is 126 Å². The largest absolute Gasteiger partial charge is 0.476 e. The average Bonchev–Trinajstić information content (AvgIpc) is 3.99. The molecule has 15 heteroatoms. The molecule has 0 atom stereocenters. The minimum Gasteiger partial charge on any atom is -0.476 e. The van der Waals surface area contributed by atoms with E-state index in [1.165, 1.54) is 18.8 Å². The molecule has 1 fully saturated rings. The van der Waals surface area contributed by atoms with Crippen LogP contribution in [-0.2, 0) is 19.6 Å². The number of pyridine rings is 3. The van der Waals surface area contributed by atoms with Crippen molar-refractivity contribution in [1.29, 1.82) is 0 Å². The average molecular weight is 733 g/mol. The first kappa shape index (κ1) is 36.0. The highest BCUT2D eigenvalue weighted by atomic mass is 16.4. The van der Waals surface area contributed by atoms with Crippen LogP contribution in [0, 0.1) is 0 Å². The Kier molecular flexibility index (Phi) is 10.7. The van der Waals surface area contributed by atoms with E-state index in [2.05, 4.69) is 29.7 Å². The van der Waals surface area contributed by atoms with Crippen molar-refractivity contribution in [2.75, 3.05) is 39.3 Å². The third kappa shape index (κ3) is 8.28. The molecule has 0 aromatic carbocycles. The molecule has 0 aliphatic carbocycles. The molecule has 3 N–H and O–H groups in total. The fourth-order valence-electron chi connectivity index (χ4n) is 6.49. The lowest BCUT2D eigenvalue weighted by Crippen LogP contribution is -2.36. The van der Waals surface area contributed by atoms with Gasteiger partial charge in [-0.05, 0) is 72.8 Å². The van der Waals surface area contributed by atoms with E-state index in [4.69, 9.17) is 13.3 Å². The predicted octanol–water partition coefficient (Wildman–Crippen LogP) is 5.57. The summed E-state index contributed by atoms with van der Waals surface area (Å²) >= 11 is 0. The highest BCUT2D eigenvalue weighted by molar-refractivity contribution is 5.94. The molecule has 0 amide bonds. The second-order valence-electron chi connectivity index (χ2n) is 12.8. The third-order valence-electron chi connectivity index (χ3n) is 9.18. The maximum Gasteiger partial charge on any atom is 0.355 e. The van der Waals surface area contributed by atoms with Gasteiger partial charge in [0.1, 0.15) is 17.3 Å². The summed E-state index contributed by atoms with van der Waals surface area (Å²) in [6.07, 6.45) is 4.44. The molecule has 6 aromatic heterocycles. The SMILES string of the molecule is O=C(O)c1nc(CN2CCN(Cc3ccc(-c4ccco4)c(C(=O)O)n3)CCN(Cc3ccc(-c4ccco4)c(C(=O)O)n3)CC2)ccc1-c1ccco1. The zero-order chi connectivity index (χ0) is 37.6. The summed E-state index contributed by atoms with van der Waals surface area (Å²) in [5.74, 6) is -2.26. The fourth-order valence-corrected chi connectivity index (χ4v) is 6.49. The number of hydrogen-bond acceptors (Lipinski definition) is 12. The smallest absolute Gasteiger partial charge is 0.355 e. The molecule has 0 spiro atoms. The zero-order valence-electron chi connectivity index (χ0n) is 29.0. The van der Waals surface area contributed by atoms with E-state index in [0.717, 1.165) is 0 Å². The summed E-state index contributed by atoms with van der Waals surface area (Å²) in [5.41, 5.74) is 2.56. The van der Waals surface area contributed by atoms with E-state index in [-0.39, 0.29) is 17.1 Å². The lowest BCUT2D eigenvalue weighted by Gasteiger charge is -2.25. The van der Waals surface area contributed by atoms with Gasteiger partial charge in [-0.15, -0.1) is 0 Å². The van der Waals surface area contributed by atoms with Crippen molar-refractivity contribution < 1.29 is 43.0 Å². The molecule has 54 heavy (non-hydrogen) atoms. The van der Waals surface area contributed by atoms with Crippen molar-refractivity contribution in [3.63, 3.8) is 0 Å². The van der Waals surface area contributed by atoms with Gasteiger partial charge in [-0.1, -0.05) is 0 Å². The van der Waals surface area contributed by atoms with E-state index >= 15 is 0 Å². The second-order valence-corrected chi connectivity index (χ2v) is 12.8. The number of aromatic carboxylic acids is 3. The normalized spacial score (nSPS) is 14.7. The molecule has 0 unspecified atom stereocenters. The standard InChI is InChI=1S/C39H36N6O9/c46-37(47)34-28(31-4-1-19-52-31)10-7-25(40-34)22-43-13-15-44(23-26-8-11-29(32-5-2-20-53-32)35(41-26)38(48)49)17-18-45(16-14-43)24-27-9-12-30(33-6-3-21-54-33)36(42-27)39(50)51/h1-12,19-21H,13-18,22-24H2,(H,46,47)(H,48,49)(H,50,51). The Bertz CT molecular complexity index is 1970. The van der Waals surface area contributed by atoms with Gasteiger partial charge >= 0.3 is 17.9 Å². The van der Waals surface area contributed by atoms with E-state index in [9.17, 15) is 29.7 Å². The van der Waals surface area contributed by atoms with Gasteiger partial charge in [0.2, 0.25) is 0 Å². The van der Waals surface area contributed by atoms with Crippen molar-refractivity contribution in [2.45, 2.75) is 19.6 Å². The Morgan fingerprint density at radius 1 is 0.463 bits per heavy atom. The van der Waals surface area contributed by atoms with Gasteiger partial charge in [0.25, 0.3) is 0 Å². The van der Waals surface area contributed by atoms with Crippen LogP contribution < -0.4 is 0 Å². The molecule has 15 nitrogen and oxygen atoms in total. The molecule has 1 aliphatic heterocycles. The number of aromatic nitrogens is 3. The number of furan rings is 3. The summed E-state index contributed by atoms with van der Waals surface area (Å²) in [6.45, 7) is 4.62. The number of carboxylic acids is 3. The summed E-state index contributed by atoms with van der Waals surface area (Å²) < 4.78 is 16.3. The van der Waals surface area contributed by atoms with Gasteiger partial charge < -0.3 is 28.6 Å². The molecule has 1 saturated heterocycles. The molecule has 0 radical (unpaired) electrons. The van der Waals surface area contributed by atoms with Gasteiger partial charge in [-0.3, -0.25) is 14.7 Å². The predicted molar refractivity (Wildman–Crippen MR) is 193 cm³/mol. The van der Waals surface area contributed by atoms with E-state index in [1.54, 1.807) is 72.8 Å². The Morgan fingerprint density at radius 2 is 0.741 bits per heavy atom. The lowest BCUT2D eigenvalue weighted by molar-refractivity contribution is 0.0680. The van der Waals surface area contributed by atoms with Crippen molar-refractivity contribution in [2.24, 2.45) is 0 Å². The first-order valence-corrected chi connectivity index (χ1v) is 17.2. The van der Waals surface area contributed by atoms with Crippen LogP contribution in [0.1, 0.15) is 48.5 Å². The summed E-state index contributed by atoms with van der Waals surface area (Å²) in [6, 6.07) is 20.6. The van der Waals surface area contributed by atoms with Crippen LogP contribution in [0.2, 0.25) is 0 Å². The van der Waals surface area contributed by atoms with Gasteiger partial charge in [-0.2, -0.15) is 0 Å². The Hall–Kier alpha value is -6.42. The summed E-state index contributed by atoms with van der Waals surface area (Å²) in [5, 5.41) is 30.0. The lowest BCUT2D eigenvalue weighted by atomic mass is 10.1. The van der Waals surface area contributed by atoms with Crippen molar-refractivity contribution in [3.8, 4) is 34.0 Å². The van der Waals surface area contributed by atoms with Crippen LogP contribution in [0.5, 0.6) is 0 Å². The molecule has 1 aliphatic rings. The Morgan fingerprint density at radius 3 is 0.963 bits per heavy atom. The quantitative estimate of drug-likeness (QED) is 0.141. The van der Waals surface area contributed by atoms with Crippen LogP contribution in [0.25, 0.3) is 34.0 Å². The third-order valence-corrected chi connectivity index (χ3v) is 9.18. The maximum absolute atomic E-state index is 12.2. The minimum absolute atomic E-state index is 0.105. The number of nitrogens with zero attached hydrogens (tertiary/aromatic N) is 6. The molecular formula is C39H36N6O9. The topological polar surface area (TPSA) is 200 Å². The van der Waals surface area contributed by atoms with Crippen LogP contribution in [0.3, 0.4) is 0 Å². The monoisotopic (exact) mass is 732 g/mol. The summed E-state index contributed by atoms with van der Waals surface area (Å²) in [4.78, 5) is 56.7. The zero-order valence-corrected chi connectivity index (χ0v) is 29.0. The molecule has 7 heterocycles. The Balaban J connectivity index is 1.14. The molecule has 6 aromatic rings. The minimum atomic E-state index is -1.16. The number of carboxylic acid groups (broad SMARTS) is 3. The number of hydrogen-bond donors (Lipinski definition) is 3. The van der Waals surface area contributed by atoms with Crippen LogP contribution in [0.15, 0.2) is 105 Å². The van der Waals surface area contributed by atoms with Crippen molar-refractivity contribution >= 4 is 17.9 Å². The highest BCUT2D eigenvalue weighted by Gasteiger charge is 2.23. The first-order chi connectivity index (χ1) is 26.2. The van der Waals surface area contributed by atoms with Gasteiger partial charge in [0.05, 0.1) is 52.6 Å². The maximum atomic E-state index is 12.2. The number of carbonyl (C=O) groups is 3. The van der Waals surface area contributed by atoms with E-state index in [1.807, 2.05) is 0 Å². The van der Waals surface area contributed by atoms with Crippen LogP contribution in [0.4, 0.5) is 0 Å². The van der Waals surface area contributed by atoms with Crippen molar-refractivity contribution in [1.82, 2.24) is 29.7 Å². The van der Waals surface area contributed by atoms with E-state index < -0.39 is 17.9 Å². The van der Waals surface area contributed by atoms with Gasteiger partial charge in [-0.25, -0.2) is 29.3 Å². The fraction of sp³-hybridized carbons (Fsp3) is 0.231. The molecule has 7 rings (SSSR count). The van der Waals surface area contributed by atoms with Gasteiger partial charge in [0, 0.05) is 58.9 Å². The van der Waals surface area contributed by atoms with Crippen LogP contribution in [-0.4, -0.2) is 102 Å². The Labute approximate surface area is 308 Å². The molecule has 0 saturated carbocycles. The molecule has 276 valence electrons. The number of rotatable bonds is 12.